The van der Waals surface area contributed by atoms with E-state index in [-0.39, 0.29) is 34.0 Å². The van der Waals surface area contributed by atoms with Crippen LogP contribution in [-0.2, 0) is 9.59 Å². The van der Waals surface area contributed by atoms with Crippen LogP contribution in [0.4, 0.5) is 0 Å². The number of carbonyl (C=O) groups is 2. The molecule has 12 heavy (non-hydrogen) atoms. The number of rotatable bonds is 0. The van der Waals surface area contributed by atoms with E-state index in [4.69, 9.17) is 0 Å². The van der Waals surface area contributed by atoms with Gasteiger partial charge in [0.1, 0.15) is 4.83 Å². The summed E-state index contributed by atoms with van der Waals surface area (Å²) in [5, 5.41) is 0. The summed E-state index contributed by atoms with van der Waals surface area (Å²) >= 11 is 3.07. The molecule has 0 aliphatic heterocycles. The lowest BCUT2D eigenvalue weighted by Crippen LogP contribution is -2.37. The Kier molecular flexibility index (Phi) is 4.11. The van der Waals surface area contributed by atoms with Crippen LogP contribution in [0.15, 0.2) is 0 Å². The first-order valence-corrected chi connectivity index (χ1v) is 4.53. The molecule has 1 aliphatic rings. The first-order chi connectivity index (χ1) is 4.92. The minimum Gasteiger partial charge on any atom is -0.298 e. The van der Waals surface area contributed by atoms with Crippen LogP contribution in [0.2, 0.25) is 0 Å². The van der Waals surface area contributed by atoms with Crippen molar-refractivity contribution in [2.24, 2.45) is 5.41 Å². The van der Waals surface area contributed by atoms with E-state index in [9.17, 15) is 9.59 Å². The number of Topliss-reactive ketones (excluding diaryl/α,β-unsaturated/α-hetero) is 2. The van der Waals surface area contributed by atoms with Gasteiger partial charge in [0.25, 0.3) is 0 Å². The number of carbonyl (C=O) groups excluding carboxylic acids is 2. The van der Waals surface area contributed by atoms with Gasteiger partial charge in [0, 0.05) is 12.8 Å². The van der Waals surface area contributed by atoms with Gasteiger partial charge in [-0.25, -0.2) is 0 Å². The zero-order valence-electron chi connectivity index (χ0n) is 7.09. The third-order valence-corrected chi connectivity index (χ3v) is 2.89. The first kappa shape index (κ1) is 12.3. The Balaban J connectivity index is 0.00000121. The lowest BCUT2D eigenvalue weighted by molar-refractivity contribution is -0.132. The number of hydrogen-bond acceptors (Lipinski definition) is 2. The molecule has 0 unspecified atom stereocenters. The van der Waals surface area contributed by atoms with Crippen LogP contribution >= 0.6 is 32.9 Å². The predicted octanol–water partition coefficient (Wildman–Crippen LogP) is 2.29. The number of ketones is 2. The highest BCUT2D eigenvalue weighted by Crippen LogP contribution is 2.33. The summed E-state index contributed by atoms with van der Waals surface area (Å²) in [4.78, 5) is 21.8. The van der Waals surface area contributed by atoms with Crippen LogP contribution in [0.5, 0.6) is 0 Å². The van der Waals surface area contributed by atoms with Crippen molar-refractivity contribution in [1.29, 1.82) is 0 Å². The molecule has 2 nitrogen and oxygen atoms in total. The van der Waals surface area contributed by atoms with Gasteiger partial charge < -0.3 is 0 Å². The van der Waals surface area contributed by atoms with E-state index in [0.29, 0.717) is 12.8 Å². The van der Waals surface area contributed by atoms with Crippen LogP contribution < -0.4 is 0 Å². The smallest absolute Gasteiger partial charge is 0.154 e. The Morgan fingerprint density at radius 2 is 1.58 bits per heavy atom. The molecule has 0 heterocycles. The maximum Gasteiger partial charge on any atom is 0.154 e. The average Bonchev–Trinajstić information content (AvgIpc) is 1.81. The normalized spacial score (nSPS) is 23.6. The maximum atomic E-state index is 11.2. The van der Waals surface area contributed by atoms with Crippen molar-refractivity contribution in [1.82, 2.24) is 0 Å². The lowest BCUT2D eigenvalue weighted by atomic mass is 9.76. The number of alkyl halides is 1. The van der Waals surface area contributed by atoms with E-state index in [0.717, 1.165) is 0 Å². The van der Waals surface area contributed by atoms with Crippen LogP contribution in [0, 0.1) is 5.41 Å². The molecule has 0 aromatic rings. The molecular formula is C8H12Br2O2. The van der Waals surface area contributed by atoms with Crippen molar-refractivity contribution in [2.75, 3.05) is 0 Å². The Morgan fingerprint density at radius 1 is 1.25 bits per heavy atom. The topological polar surface area (TPSA) is 34.1 Å². The minimum atomic E-state index is -0.532. The van der Waals surface area contributed by atoms with Gasteiger partial charge in [-0.05, 0) is 5.41 Å². The molecule has 0 radical (unpaired) electrons. The second-order valence-electron chi connectivity index (χ2n) is 3.81. The van der Waals surface area contributed by atoms with Crippen molar-refractivity contribution in [3.8, 4) is 0 Å². The van der Waals surface area contributed by atoms with Crippen molar-refractivity contribution >= 4 is 44.5 Å². The Morgan fingerprint density at radius 3 is 1.92 bits per heavy atom. The Labute approximate surface area is 91.0 Å². The highest BCUT2D eigenvalue weighted by atomic mass is 79.9. The Hall–Kier alpha value is 0.300. The molecule has 0 N–H and O–H groups in total. The second-order valence-corrected chi connectivity index (χ2v) is 4.73. The van der Waals surface area contributed by atoms with Crippen molar-refractivity contribution in [3.05, 3.63) is 0 Å². The molecular weight excluding hydrogens is 288 g/mol. The summed E-state index contributed by atoms with van der Waals surface area (Å²) in [7, 11) is 0. The molecule has 70 valence electrons. The van der Waals surface area contributed by atoms with E-state index in [1.807, 2.05) is 13.8 Å². The summed E-state index contributed by atoms with van der Waals surface area (Å²) in [6, 6.07) is 0. The monoisotopic (exact) mass is 298 g/mol. The van der Waals surface area contributed by atoms with E-state index < -0.39 is 4.83 Å². The third kappa shape index (κ3) is 2.66. The fourth-order valence-corrected chi connectivity index (χ4v) is 1.69. The summed E-state index contributed by atoms with van der Waals surface area (Å²) in [6.45, 7) is 3.89. The van der Waals surface area contributed by atoms with Gasteiger partial charge in [0.2, 0.25) is 0 Å². The zero-order chi connectivity index (χ0) is 8.65. The first-order valence-electron chi connectivity index (χ1n) is 3.62. The van der Waals surface area contributed by atoms with Gasteiger partial charge in [0.15, 0.2) is 11.6 Å². The van der Waals surface area contributed by atoms with Gasteiger partial charge in [-0.1, -0.05) is 29.8 Å². The standard InChI is InChI=1S/C8H11BrO2.BrH/c1-8(2)3-5(10)7(9)6(11)4-8;/h7H,3-4H2,1-2H3;1H. The van der Waals surface area contributed by atoms with E-state index >= 15 is 0 Å². The van der Waals surface area contributed by atoms with E-state index in [1.54, 1.807) is 0 Å². The van der Waals surface area contributed by atoms with Gasteiger partial charge in [0.05, 0.1) is 0 Å². The van der Waals surface area contributed by atoms with Crippen molar-refractivity contribution < 1.29 is 9.59 Å². The molecule has 1 saturated carbocycles. The molecule has 4 heteroatoms. The molecule has 0 spiro atoms. The third-order valence-electron chi connectivity index (χ3n) is 1.87. The number of hydrogen-bond donors (Lipinski definition) is 0. The number of halogens is 2. The fourth-order valence-electron chi connectivity index (χ4n) is 1.36. The van der Waals surface area contributed by atoms with Crippen LogP contribution in [-0.4, -0.2) is 16.4 Å². The highest BCUT2D eigenvalue weighted by Gasteiger charge is 2.37. The van der Waals surface area contributed by atoms with Crippen molar-refractivity contribution in [3.63, 3.8) is 0 Å². The molecule has 0 bridgehead atoms. The molecule has 0 aromatic heterocycles. The van der Waals surface area contributed by atoms with Gasteiger partial charge in [-0.15, -0.1) is 17.0 Å². The SMILES string of the molecule is Br.CC1(C)CC(=O)C(Br)C(=O)C1. The molecule has 0 amide bonds. The summed E-state index contributed by atoms with van der Waals surface area (Å²) in [5.41, 5.74) is -0.127. The molecule has 0 saturated heterocycles. The lowest BCUT2D eigenvalue weighted by Gasteiger charge is -2.29. The minimum absolute atomic E-state index is 0. The second kappa shape index (κ2) is 4.01. The van der Waals surface area contributed by atoms with Gasteiger partial charge in [-0.3, -0.25) is 9.59 Å². The van der Waals surface area contributed by atoms with Crippen molar-refractivity contribution in [2.45, 2.75) is 31.5 Å². The average molecular weight is 300 g/mol. The molecule has 1 rings (SSSR count). The largest absolute Gasteiger partial charge is 0.298 e. The molecule has 1 aliphatic carbocycles. The summed E-state index contributed by atoms with van der Waals surface area (Å²) in [5.74, 6) is 0.0394. The van der Waals surface area contributed by atoms with Gasteiger partial charge >= 0.3 is 0 Å². The van der Waals surface area contributed by atoms with E-state index in [2.05, 4.69) is 15.9 Å². The van der Waals surface area contributed by atoms with Gasteiger partial charge in [-0.2, -0.15) is 0 Å². The Bertz CT molecular complexity index is 191. The molecule has 0 atom stereocenters. The summed E-state index contributed by atoms with van der Waals surface area (Å²) < 4.78 is 0. The van der Waals surface area contributed by atoms with Crippen LogP contribution in [0.1, 0.15) is 26.7 Å². The van der Waals surface area contributed by atoms with E-state index in [1.165, 1.54) is 0 Å². The van der Waals surface area contributed by atoms with Crippen LogP contribution in [0.25, 0.3) is 0 Å². The molecule has 1 fully saturated rings. The fraction of sp³-hybridized carbons (Fsp3) is 0.750. The quantitative estimate of drug-likeness (QED) is 0.508. The summed E-state index contributed by atoms with van der Waals surface area (Å²) in [6.07, 6.45) is 1.02. The van der Waals surface area contributed by atoms with Crippen LogP contribution in [0.3, 0.4) is 0 Å². The molecule has 0 aromatic carbocycles. The maximum absolute atomic E-state index is 11.2. The highest BCUT2D eigenvalue weighted by molar-refractivity contribution is 9.10. The zero-order valence-corrected chi connectivity index (χ0v) is 10.4. The predicted molar refractivity (Wildman–Crippen MR) is 56.1 cm³/mol.